The zero-order valence-electron chi connectivity index (χ0n) is 6.39. The number of hydrogen-bond donors (Lipinski definition) is 1. The molecule has 0 radical (unpaired) electrons. The zero-order valence-corrected chi connectivity index (χ0v) is 6.39. The lowest BCUT2D eigenvalue weighted by atomic mass is 10.3. The third kappa shape index (κ3) is 0.818. The van der Waals surface area contributed by atoms with Crippen LogP contribution in [-0.2, 0) is 4.79 Å². The number of amides is 3. The highest BCUT2D eigenvalue weighted by molar-refractivity contribution is 6.03. The minimum absolute atomic E-state index is 0.0880. The summed E-state index contributed by atoms with van der Waals surface area (Å²) in [5.74, 6) is -0.0880. The van der Waals surface area contributed by atoms with E-state index in [4.69, 9.17) is 0 Å². The van der Waals surface area contributed by atoms with Crippen LogP contribution in [0.2, 0.25) is 0 Å². The number of nitrogens with zero attached hydrogens (tertiary/aromatic N) is 1. The molecule has 0 spiro atoms. The summed E-state index contributed by atoms with van der Waals surface area (Å²) >= 11 is 0. The van der Waals surface area contributed by atoms with Crippen LogP contribution in [0.5, 0.6) is 0 Å². The monoisotopic (exact) mass is 154 g/mol. The molecule has 2 rings (SSSR count). The predicted molar refractivity (Wildman–Crippen MR) is 37.9 cm³/mol. The van der Waals surface area contributed by atoms with E-state index in [2.05, 4.69) is 5.32 Å². The highest BCUT2D eigenvalue weighted by Crippen LogP contribution is 2.41. The molecule has 3 amide bonds. The normalized spacial score (nSPS) is 27.2. The summed E-state index contributed by atoms with van der Waals surface area (Å²) in [4.78, 5) is 23.5. The molecule has 0 aromatic carbocycles. The molecule has 0 bridgehead atoms. The molecule has 2 fully saturated rings. The van der Waals surface area contributed by atoms with Gasteiger partial charge in [0, 0.05) is 5.54 Å². The summed E-state index contributed by atoms with van der Waals surface area (Å²) in [6, 6.07) is -0.227. The molecule has 4 heteroatoms. The van der Waals surface area contributed by atoms with Gasteiger partial charge in [-0.3, -0.25) is 9.69 Å². The molecule has 0 unspecified atom stereocenters. The lowest BCUT2D eigenvalue weighted by Gasteiger charge is -2.19. The summed E-state index contributed by atoms with van der Waals surface area (Å²) < 4.78 is 0. The second-order valence-corrected chi connectivity index (χ2v) is 3.38. The van der Waals surface area contributed by atoms with E-state index in [1.165, 1.54) is 4.90 Å². The summed E-state index contributed by atoms with van der Waals surface area (Å²) in [5, 5.41) is 2.50. The molecule has 0 atom stereocenters. The quantitative estimate of drug-likeness (QED) is 0.544. The van der Waals surface area contributed by atoms with Gasteiger partial charge in [0.25, 0.3) is 5.91 Å². The van der Waals surface area contributed by atoms with Crippen molar-refractivity contribution in [2.75, 3.05) is 6.54 Å². The van der Waals surface area contributed by atoms with Crippen LogP contribution < -0.4 is 5.32 Å². The molecule has 1 aliphatic heterocycles. The standard InChI is InChI=1S/C7H10N2O2/c1-7(2-3-7)9-5(10)4-8-6(9)11/h2-4H2,1H3,(H,8,11). The first-order valence-corrected chi connectivity index (χ1v) is 3.74. The second-order valence-electron chi connectivity index (χ2n) is 3.38. The molecule has 0 aromatic rings. The Hall–Kier alpha value is -1.06. The van der Waals surface area contributed by atoms with Gasteiger partial charge in [0.2, 0.25) is 0 Å². The molecule has 11 heavy (non-hydrogen) atoms. The zero-order chi connectivity index (χ0) is 8.06. The van der Waals surface area contributed by atoms with Crippen molar-refractivity contribution in [2.45, 2.75) is 25.3 Å². The summed E-state index contributed by atoms with van der Waals surface area (Å²) in [7, 11) is 0. The fourth-order valence-corrected chi connectivity index (χ4v) is 1.37. The van der Waals surface area contributed by atoms with E-state index in [0.717, 1.165) is 12.8 Å². The van der Waals surface area contributed by atoms with Gasteiger partial charge in [0.1, 0.15) is 0 Å². The van der Waals surface area contributed by atoms with Crippen molar-refractivity contribution in [3.05, 3.63) is 0 Å². The molecule has 1 aliphatic carbocycles. The van der Waals surface area contributed by atoms with Gasteiger partial charge >= 0.3 is 6.03 Å². The smallest absolute Gasteiger partial charge is 0.325 e. The van der Waals surface area contributed by atoms with Gasteiger partial charge in [-0.15, -0.1) is 0 Å². The summed E-state index contributed by atoms with van der Waals surface area (Å²) in [5.41, 5.74) is -0.155. The number of carbonyl (C=O) groups is 2. The fourth-order valence-electron chi connectivity index (χ4n) is 1.37. The number of carbonyl (C=O) groups excluding carboxylic acids is 2. The van der Waals surface area contributed by atoms with Gasteiger partial charge in [0.15, 0.2) is 0 Å². The van der Waals surface area contributed by atoms with E-state index in [-0.39, 0.29) is 24.0 Å². The average molecular weight is 154 g/mol. The molecule has 1 saturated carbocycles. The largest absolute Gasteiger partial charge is 0.329 e. The Morgan fingerprint density at radius 2 is 2.09 bits per heavy atom. The van der Waals surface area contributed by atoms with Crippen LogP contribution in [0, 0.1) is 0 Å². The molecular formula is C7H10N2O2. The van der Waals surface area contributed by atoms with Gasteiger partial charge in [-0.25, -0.2) is 4.79 Å². The van der Waals surface area contributed by atoms with Crippen LogP contribution in [0.3, 0.4) is 0 Å². The lowest BCUT2D eigenvalue weighted by Crippen LogP contribution is -2.40. The SMILES string of the molecule is CC1(N2C(=O)CNC2=O)CC1. The highest BCUT2D eigenvalue weighted by atomic mass is 16.2. The van der Waals surface area contributed by atoms with Gasteiger partial charge < -0.3 is 5.32 Å². The fraction of sp³-hybridized carbons (Fsp3) is 0.714. The molecule has 4 nitrogen and oxygen atoms in total. The van der Waals surface area contributed by atoms with Crippen molar-refractivity contribution in [1.82, 2.24) is 10.2 Å². The van der Waals surface area contributed by atoms with E-state index in [9.17, 15) is 9.59 Å². The van der Waals surface area contributed by atoms with Gasteiger partial charge in [-0.1, -0.05) is 0 Å². The molecule has 2 aliphatic rings. The van der Waals surface area contributed by atoms with Crippen LogP contribution in [-0.4, -0.2) is 28.9 Å². The maximum atomic E-state index is 11.1. The van der Waals surface area contributed by atoms with E-state index in [1.54, 1.807) is 0 Å². The Labute approximate surface area is 64.5 Å². The van der Waals surface area contributed by atoms with Crippen molar-refractivity contribution >= 4 is 11.9 Å². The minimum Gasteiger partial charge on any atom is -0.329 e. The molecule has 1 N–H and O–H groups in total. The summed E-state index contributed by atoms with van der Waals surface area (Å²) in [6.07, 6.45) is 1.90. The van der Waals surface area contributed by atoms with Crippen LogP contribution in [0.1, 0.15) is 19.8 Å². The number of imide groups is 1. The first-order valence-electron chi connectivity index (χ1n) is 3.74. The van der Waals surface area contributed by atoms with Gasteiger partial charge in [-0.05, 0) is 19.8 Å². The second kappa shape index (κ2) is 1.75. The number of urea groups is 1. The molecule has 1 heterocycles. The van der Waals surface area contributed by atoms with Crippen molar-refractivity contribution in [2.24, 2.45) is 0 Å². The van der Waals surface area contributed by atoms with E-state index in [1.807, 2.05) is 6.92 Å². The first-order chi connectivity index (χ1) is 5.13. The highest BCUT2D eigenvalue weighted by Gasteiger charge is 2.51. The average Bonchev–Trinajstić information content (AvgIpc) is 2.56. The topological polar surface area (TPSA) is 49.4 Å². The van der Waals surface area contributed by atoms with Gasteiger partial charge in [0.05, 0.1) is 6.54 Å². The van der Waals surface area contributed by atoms with Crippen LogP contribution in [0.15, 0.2) is 0 Å². The molecule has 60 valence electrons. The number of rotatable bonds is 1. The Morgan fingerprint density at radius 1 is 1.45 bits per heavy atom. The predicted octanol–water partition coefficient (Wildman–Crippen LogP) is 0.0907. The van der Waals surface area contributed by atoms with Crippen LogP contribution in [0.25, 0.3) is 0 Å². The van der Waals surface area contributed by atoms with Crippen molar-refractivity contribution in [1.29, 1.82) is 0 Å². The van der Waals surface area contributed by atoms with Crippen molar-refractivity contribution in [3.8, 4) is 0 Å². The Kier molecular flexibility index (Phi) is 1.06. The van der Waals surface area contributed by atoms with E-state index in [0.29, 0.717) is 0 Å². The van der Waals surface area contributed by atoms with Crippen molar-refractivity contribution in [3.63, 3.8) is 0 Å². The third-order valence-electron chi connectivity index (χ3n) is 2.36. The van der Waals surface area contributed by atoms with E-state index >= 15 is 0 Å². The Morgan fingerprint density at radius 3 is 2.45 bits per heavy atom. The molecule has 1 saturated heterocycles. The van der Waals surface area contributed by atoms with Crippen molar-refractivity contribution < 1.29 is 9.59 Å². The maximum Gasteiger partial charge on any atom is 0.325 e. The third-order valence-corrected chi connectivity index (χ3v) is 2.36. The maximum absolute atomic E-state index is 11.1. The Balaban J connectivity index is 2.23. The molecule has 0 aromatic heterocycles. The Bertz CT molecular complexity index is 217. The number of nitrogens with one attached hydrogen (secondary N) is 1. The van der Waals surface area contributed by atoms with Crippen LogP contribution >= 0.6 is 0 Å². The lowest BCUT2D eigenvalue weighted by molar-refractivity contribution is -0.126. The van der Waals surface area contributed by atoms with Gasteiger partial charge in [-0.2, -0.15) is 0 Å². The van der Waals surface area contributed by atoms with E-state index < -0.39 is 0 Å². The number of hydrogen-bond acceptors (Lipinski definition) is 2. The minimum atomic E-state index is -0.227. The molecular weight excluding hydrogens is 144 g/mol. The van der Waals surface area contributed by atoms with Crippen LogP contribution in [0.4, 0.5) is 4.79 Å². The summed E-state index contributed by atoms with van der Waals surface area (Å²) in [6.45, 7) is 2.12. The first kappa shape index (κ1) is 6.64.